The molecule has 1 heterocycles. The van der Waals surface area contributed by atoms with E-state index in [1.54, 1.807) is 41.3 Å². The molecular formula is C20H21FN2O3. The summed E-state index contributed by atoms with van der Waals surface area (Å²) in [5.41, 5.74) is 1.14. The van der Waals surface area contributed by atoms with Crippen LogP contribution in [-0.4, -0.2) is 47.6 Å². The quantitative estimate of drug-likeness (QED) is 0.855. The van der Waals surface area contributed by atoms with Crippen LogP contribution in [-0.2, 0) is 11.2 Å². The largest absolute Gasteiger partial charge is 0.396 e. The Labute approximate surface area is 151 Å². The predicted octanol–water partition coefficient (Wildman–Crippen LogP) is 1.62. The Balaban J connectivity index is 1.63. The molecule has 26 heavy (non-hydrogen) atoms. The molecule has 0 aliphatic carbocycles. The Kier molecular flexibility index (Phi) is 5.63. The molecule has 6 heteroatoms. The maximum absolute atomic E-state index is 13.3. The van der Waals surface area contributed by atoms with Crippen LogP contribution in [0.5, 0.6) is 0 Å². The van der Waals surface area contributed by atoms with E-state index in [9.17, 15) is 19.1 Å². The Morgan fingerprint density at radius 1 is 1.12 bits per heavy atom. The van der Waals surface area contributed by atoms with Crippen LogP contribution >= 0.6 is 0 Å². The molecule has 1 aliphatic heterocycles. The van der Waals surface area contributed by atoms with Crippen molar-refractivity contribution < 1.29 is 19.1 Å². The fraction of sp³-hybridized carbons (Fsp3) is 0.300. The number of likely N-dealkylation sites (tertiary alicyclic amines) is 1. The summed E-state index contributed by atoms with van der Waals surface area (Å²) in [5.74, 6) is -0.976. The Bertz CT molecular complexity index is 782. The van der Waals surface area contributed by atoms with Crippen LogP contribution in [0.25, 0.3) is 0 Å². The average molecular weight is 356 g/mol. The molecule has 3 rings (SSSR count). The maximum Gasteiger partial charge on any atom is 0.251 e. The van der Waals surface area contributed by atoms with Crippen molar-refractivity contribution in [2.75, 3.05) is 19.7 Å². The van der Waals surface area contributed by atoms with Gasteiger partial charge in [0, 0.05) is 31.2 Å². The monoisotopic (exact) mass is 356 g/mol. The highest BCUT2D eigenvalue weighted by molar-refractivity contribution is 5.94. The SMILES string of the molecule is O=C(N[C@@H]1CN(C(=O)Cc2cccc(F)c2)C[C@H]1CO)c1ccccc1. The van der Waals surface area contributed by atoms with Crippen molar-refractivity contribution in [2.24, 2.45) is 5.92 Å². The van der Waals surface area contributed by atoms with E-state index >= 15 is 0 Å². The molecule has 0 radical (unpaired) electrons. The highest BCUT2D eigenvalue weighted by Gasteiger charge is 2.35. The van der Waals surface area contributed by atoms with Crippen molar-refractivity contribution in [3.8, 4) is 0 Å². The lowest BCUT2D eigenvalue weighted by Crippen LogP contribution is -2.42. The number of carbonyl (C=O) groups excluding carboxylic acids is 2. The summed E-state index contributed by atoms with van der Waals surface area (Å²) in [6.07, 6.45) is 0.0925. The zero-order chi connectivity index (χ0) is 18.5. The molecule has 0 saturated carbocycles. The Morgan fingerprint density at radius 3 is 2.58 bits per heavy atom. The van der Waals surface area contributed by atoms with Gasteiger partial charge >= 0.3 is 0 Å². The minimum absolute atomic E-state index is 0.0925. The number of rotatable bonds is 5. The Hall–Kier alpha value is -2.73. The van der Waals surface area contributed by atoms with Gasteiger partial charge in [-0.2, -0.15) is 0 Å². The predicted molar refractivity (Wildman–Crippen MR) is 95.0 cm³/mol. The molecule has 136 valence electrons. The van der Waals surface area contributed by atoms with Crippen molar-refractivity contribution >= 4 is 11.8 Å². The number of aliphatic hydroxyl groups is 1. The van der Waals surface area contributed by atoms with Gasteiger partial charge in [-0.3, -0.25) is 9.59 Å². The number of aliphatic hydroxyl groups excluding tert-OH is 1. The van der Waals surface area contributed by atoms with Crippen molar-refractivity contribution in [1.29, 1.82) is 0 Å². The van der Waals surface area contributed by atoms with Crippen LogP contribution in [0, 0.1) is 11.7 Å². The second kappa shape index (κ2) is 8.10. The van der Waals surface area contributed by atoms with E-state index in [-0.39, 0.29) is 42.6 Å². The van der Waals surface area contributed by atoms with Gasteiger partial charge in [0.05, 0.1) is 12.5 Å². The van der Waals surface area contributed by atoms with E-state index < -0.39 is 0 Å². The van der Waals surface area contributed by atoms with E-state index in [1.807, 2.05) is 6.07 Å². The highest BCUT2D eigenvalue weighted by atomic mass is 19.1. The third kappa shape index (κ3) is 4.26. The van der Waals surface area contributed by atoms with Gasteiger partial charge in [0.25, 0.3) is 5.91 Å². The summed E-state index contributed by atoms with van der Waals surface area (Å²) in [7, 11) is 0. The fourth-order valence-corrected chi connectivity index (χ4v) is 3.20. The van der Waals surface area contributed by atoms with Gasteiger partial charge in [0.2, 0.25) is 5.91 Å². The normalized spacial score (nSPS) is 19.4. The third-order valence-electron chi connectivity index (χ3n) is 4.63. The van der Waals surface area contributed by atoms with Crippen LogP contribution in [0.2, 0.25) is 0 Å². The van der Waals surface area contributed by atoms with E-state index in [0.717, 1.165) is 0 Å². The van der Waals surface area contributed by atoms with E-state index in [0.29, 0.717) is 24.2 Å². The average Bonchev–Trinajstić information content (AvgIpc) is 3.05. The molecule has 5 nitrogen and oxygen atoms in total. The number of nitrogens with zero attached hydrogens (tertiary/aromatic N) is 1. The lowest BCUT2D eigenvalue weighted by molar-refractivity contribution is -0.129. The van der Waals surface area contributed by atoms with Gasteiger partial charge in [-0.05, 0) is 29.8 Å². The first-order valence-corrected chi connectivity index (χ1v) is 8.56. The first-order valence-electron chi connectivity index (χ1n) is 8.56. The van der Waals surface area contributed by atoms with Crippen LogP contribution in [0.4, 0.5) is 4.39 Å². The summed E-state index contributed by atoms with van der Waals surface area (Å²) in [5, 5.41) is 12.5. The van der Waals surface area contributed by atoms with Crippen molar-refractivity contribution in [3.63, 3.8) is 0 Å². The van der Waals surface area contributed by atoms with Crippen LogP contribution in [0.3, 0.4) is 0 Å². The first kappa shape index (κ1) is 18.1. The lowest BCUT2D eigenvalue weighted by Gasteiger charge is -2.18. The summed E-state index contributed by atoms with van der Waals surface area (Å²) in [6, 6.07) is 14.4. The minimum atomic E-state index is -0.377. The smallest absolute Gasteiger partial charge is 0.251 e. The fourth-order valence-electron chi connectivity index (χ4n) is 3.20. The maximum atomic E-state index is 13.3. The first-order chi connectivity index (χ1) is 12.6. The summed E-state index contributed by atoms with van der Waals surface area (Å²) >= 11 is 0. The highest BCUT2D eigenvalue weighted by Crippen LogP contribution is 2.19. The molecule has 0 spiro atoms. The molecule has 2 amide bonds. The third-order valence-corrected chi connectivity index (χ3v) is 4.63. The zero-order valence-electron chi connectivity index (χ0n) is 14.3. The van der Waals surface area contributed by atoms with Crippen LogP contribution < -0.4 is 5.32 Å². The van der Waals surface area contributed by atoms with Gasteiger partial charge in [-0.1, -0.05) is 30.3 Å². The molecule has 2 aromatic carbocycles. The molecule has 1 aliphatic rings. The van der Waals surface area contributed by atoms with Gasteiger partial charge in [0.15, 0.2) is 0 Å². The summed E-state index contributed by atoms with van der Waals surface area (Å²) < 4.78 is 13.3. The number of hydrogen-bond donors (Lipinski definition) is 2. The van der Waals surface area contributed by atoms with Gasteiger partial charge in [0.1, 0.15) is 5.82 Å². The van der Waals surface area contributed by atoms with Crippen molar-refractivity contribution in [1.82, 2.24) is 10.2 Å². The molecular weight excluding hydrogens is 335 g/mol. The topological polar surface area (TPSA) is 69.6 Å². The number of benzene rings is 2. The number of hydrogen-bond acceptors (Lipinski definition) is 3. The number of halogens is 1. The van der Waals surface area contributed by atoms with E-state index in [4.69, 9.17) is 0 Å². The van der Waals surface area contributed by atoms with Gasteiger partial charge < -0.3 is 15.3 Å². The second-order valence-corrected chi connectivity index (χ2v) is 6.49. The van der Waals surface area contributed by atoms with Crippen molar-refractivity contribution in [2.45, 2.75) is 12.5 Å². The standard InChI is InChI=1S/C20H21FN2O3/c21-17-8-4-5-14(9-17)10-19(25)23-11-16(13-24)18(12-23)22-20(26)15-6-2-1-3-7-15/h1-9,16,18,24H,10-13H2,(H,22,26)/t16-,18+/m0/s1. The molecule has 1 saturated heterocycles. The van der Waals surface area contributed by atoms with E-state index in [1.165, 1.54) is 12.1 Å². The minimum Gasteiger partial charge on any atom is -0.396 e. The zero-order valence-corrected chi connectivity index (χ0v) is 14.3. The number of amides is 2. The molecule has 1 fully saturated rings. The molecule has 0 bridgehead atoms. The lowest BCUT2D eigenvalue weighted by atomic mass is 10.0. The molecule has 0 aromatic heterocycles. The summed E-state index contributed by atoms with van der Waals surface area (Å²) in [4.78, 5) is 26.4. The second-order valence-electron chi connectivity index (χ2n) is 6.49. The molecule has 0 unspecified atom stereocenters. The molecule has 2 atom stereocenters. The molecule has 2 N–H and O–H groups in total. The van der Waals surface area contributed by atoms with Crippen molar-refractivity contribution in [3.05, 3.63) is 71.5 Å². The molecule has 2 aromatic rings. The van der Waals surface area contributed by atoms with Gasteiger partial charge in [-0.25, -0.2) is 4.39 Å². The van der Waals surface area contributed by atoms with Crippen LogP contribution in [0.1, 0.15) is 15.9 Å². The number of carbonyl (C=O) groups is 2. The van der Waals surface area contributed by atoms with Gasteiger partial charge in [-0.15, -0.1) is 0 Å². The number of nitrogens with one attached hydrogen (secondary N) is 1. The van der Waals surface area contributed by atoms with E-state index in [2.05, 4.69) is 5.32 Å². The Morgan fingerprint density at radius 2 is 1.88 bits per heavy atom. The van der Waals surface area contributed by atoms with Crippen LogP contribution in [0.15, 0.2) is 54.6 Å². The summed E-state index contributed by atoms with van der Waals surface area (Å²) in [6.45, 7) is 0.575.